The predicted octanol–water partition coefficient (Wildman–Crippen LogP) is 7.30. The molecule has 0 atom stereocenters. The lowest BCUT2D eigenvalue weighted by molar-refractivity contribution is 0.423. The van der Waals surface area contributed by atoms with Crippen molar-refractivity contribution < 1.29 is 5.11 Å². The molecule has 0 spiro atoms. The first kappa shape index (κ1) is 24.6. The number of phenols is 1. The maximum Gasteiger partial charge on any atom is 0.154 e. The summed E-state index contributed by atoms with van der Waals surface area (Å²) in [5.74, 6) is 0.940. The van der Waals surface area contributed by atoms with Crippen molar-refractivity contribution in [2.75, 3.05) is 0 Å². The summed E-state index contributed by atoms with van der Waals surface area (Å²) in [6.07, 6.45) is 1.72. The van der Waals surface area contributed by atoms with Gasteiger partial charge >= 0.3 is 0 Å². The zero-order chi connectivity index (χ0) is 25.2. The lowest BCUT2D eigenvalue weighted by Gasteiger charge is -2.28. The normalized spacial score (nSPS) is 13.0. The number of para-hydroxylation sites is 2. The van der Waals surface area contributed by atoms with Gasteiger partial charge in [-0.2, -0.15) is 5.10 Å². The van der Waals surface area contributed by atoms with Gasteiger partial charge in [-0.15, -0.1) is 11.3 Å². The summed E-state index contributed by atoms with van der Waals surface area (Å²) >= 11 is 1.59. The molecule has 0 aliphatic carbocycles. The molecule has 5 nitrogen and oxygen atoms in total. The van der Waals surface area contributed by atoms with Crippen molar-refractivity contribution in [3.8, 4) is 5.75 Å². The van der Waals surface area contributed by atoms with Gasteiger partial charge in [-0.25, -0.2) is 9.98 Å². The van der Waals surface area contributed by atoms with Gasteiger partial charge in [-0.05, 0) is 47.2 Å². The van der Waals surface area contributed by atoms with E-state index in [0.717, 1.165) is 37.6 Å². The first-order valence-corrected chi connectivity index (χ1v) is 12.5. The Bertz CT molecular complexity index is 1320. The molecule has 1 heterocycles. The summed E-state index contributed by atoms with van der Waals surface area (Å²) in [5.41, 5.74) is 7.04. The molecule has 35 heavy (non-hydrogen) atoms. The van der Waals surface area contributed by atoms with Gasteiger partial charge in [0.1, 0.15) is 10.8 Å². The van der Waals surface area contributed by atoms with Gasteiger partial charge in [0.15, 0.2) is 5.84 Å². The number of aromatic hydroxyl groups is 1. The molecular formula is C29H32N4OS. The first-order chi connectivity index (χ1) is 16.5. The Balaban J connectivity index is 1.79. The second-order valence-electron chi connectivity index (χ2n) is 10.6. The summed E-state index contributed by atoms with van der Waals surface area (Å²) < 4.78 is 1.12. The highest BCUT2D eigenvalue weighted by molar-refractivity contribution is 7.20. The predicted molar refractivity (Wildman–Crippen MR) is 148 cm³/mol. The Hall–Kier alpha value is -3.51. The number of amidine groups is 1. The number of thiazole rings is 1. The van der Waals surface area contributed by atoms with E-state index in [4.69, 9.17) is 4.99 Å². The maximum absolute atomic E-state index is 11.2. The minimum Gasteiger partial charge on any atom is -0.507 e. The van der Waals surface area contributed by atoms with E-state index in [2.05, 4.69) is 63.1 Å². The van der Waals surface area contributed by atoms with Crippen molar-refractivity contribution in [2.45, 2.75) is 52.4 Å². The van der Waals surface area contributed by atoms with Crippen LogP contribution in [0.5, 0.6) is 5.75 Å². The minimum absolute atomic E-state index is 0.248. The fraction of sp³-hybridized carbons (Fsp3) is 0.276. The molecule has 0 radical (unpaired) electrons. The monoisotopic (exact) mass is 484 g/mol. The standard InChI is InChI=1S/C29H32N4OS/c1-28(2,3)21-16-19(17-22(26(21)34)29(4,5)6)27(31-20-12-8-7-9-13-20)33-30-18-25-32-23-14-10-11-15-24(23)35-25/h7-18,34H,1-6H3,(H,31,33)/b30-18+. The molecule has 0 bridgehead atoms. The van der Waals surface area contributed by atoms with E-state index in [1.54, 1.807) is 17.6 Å². The van der Waals surface area contributed by atoms with Gasteiger partial charge in [0.05, 0.1) is 22.1 Å². The number of aromatic nitrogens is 1. The number of nitrogens with zero attached hydrogens (tertiary/aromatic N) is 3. The largest absolute Gasteiger partial charge is 0.507 e. The van der Waals surface area contributed by atoms with Crippen molar-refractivity contribution in [1.29, 1.82) is 0 Å². The van der Waals surface area contributed by atoms with Gasteiger partial charge in [-0.1, -0.05) is 71.9 Å². The van der Waals surface area contributed by atoms with Gasteiger partial charge in [0.2, 0.25) is 0 Å². The summed E-state index contributed by atoms with van der Waals surface area (Å²) in [6.45, 7) is 12.6. The molecule has 2 N–H and O–H groups in total. The van der Waals surface area contributed by atoms with Crippen LogP contribution in [0.2, 0.25) is 0 Å². The summed E-state index contributed by atoms with van der Waals surface area (Å²) in [4.78, 5) is 9.50. The molecule has 6 heteroatoms. The molecule has 180 valence electrons. The number of hydrogen-bond donors (Lipinski definition) is 2. The van der Waals surface area contributed by atoms with E-state index in [0.29, 0.717) is 11.6 Å². The van der Waals surface area contributed by atoms with E-state index in [1.807, 2.05) is 60.7 Å². The molecule has 0 saturated heterocycles. The van der Waals surface area contributed by atoms with Gasteiger partial charge in [0.25, 0.3) is 0 Å². The molecule has 0 aliphatic heterocycles. The van der Waals surface area contributed by atoms with Crippen LogP contribution in [-0.4, -0.2) is 22.1 Å². The van der Waals surface area contributed by atoms with Gasteiger partial charge in [-0.3, -0.25) is 5.43 Å². The van der Waals surface area contributed by atoms with E-state index >= 15 is 0 Å². The third-order valence-electron chi connectivity index (χ3n) is 5.65. The molecule has 0 amide bonds. The molecule has 3 aromatic carbocycles. The quantitative estimate of drug-likeness (QED) is 0.181. The molecule has 4 aromatic rings. The zero-order valence-electron chi connectivity index (χ0n) is 21.1. The third-order valence-corrected chi connectivity index (χ3v) is 6.62. The number of hydrazone groups is 1. The Morgan fingerprint density at radius 2 is 1.49 bits per heavy atom. The average Bonchev–Trinajstić information content (AvgIpc) is 3.20. The van der Waals surface area contributed by atoms with Crippen molar-refractivity contribution in [2.24, 2.45) is 10.1 Å². The van der Waals surface area contributed by atoms with Gasteiger partial charge < -0.3 is 5.11 Å². The third kappa shape index (κ3) is 5.77. The molecule has 0 unspecified atom stereocenters. The van der Waals surface area contributed by atoms with E-state index in [1.165, 1.54) is 0 Å². The van der Waals surface area contributed by atoms with Crippen LogP contribution in [0.15, 0.2) is 76.8 Å². The summed E-state index contributed by atoms with van der Waals surface area (Å²) in [7, 11) is 0. The van der Waals surface area contributed by atoms with Crippen LogP contribution in [0, 0.1) is 0 Å². The van der Waals surface area contributed by atoms with Crippen molar-refractivity contribution in [1.82, 2.24) is 10.4 Å². The maximum atomic E-state index is 11.2. The fourth-order valence-electron chi connectivity index (χ4n) is 3.79. The van der Waals surface area contributed by atoms with Crippen molar-refractivity contribution in [3.63, 3.8) is 0 Å². The summed E-state index contributed by atoms with van der Waals surface area (Å²) in [5, 5.41) is 16.5. The van der Waals surface area contributed by atoms with Crippen LogP contribution >= 0.6 is 11.3 Å². The number of nitrogens with one attached hydrogen (secondary N) is 1. The Labute approximate surface area is 211 Å². The number of phenolic OH excluding ortho intramolecular Hbond substituents is 1. The number of benzene rings is 3. The average molecular weight is 485 g/mol. The zero-order valence-corrected chi connectivity index (χ0v) is 21.9. The van der Waals surface area contributed by atoms with Crippen LogP contribution in [0.3, 0.4) is 0 Å². The molecule has 0 saturated carbocycles. The van der Waals surface area contributed by atoms with Crippen LogP contribution in [0.4, 0.5) is 5.69 Å². The smallest absolute Gasteiger partial charge is 0.154 e. The number of fused-ring (bicyclic) bond motifs is 1. The van der Waals surface area contributed by atoms with Crippen LogP contribution in [0.25, 0.3) is 10.2 Å². The van der Waals surface area contributed by atoms with Crippen molar-refractivity contribution >= 4 is 39.3 Å². The van der Waals surface area contributed by atoms with Gasteiger partial charge in [0, 0.05) is 16.7 Å². The van der Waals surface area contributed by atoms with Crippen LogP contribution < -0.4 is 5.43 Å². The van der Waals surface area contributed by atoms with E-state index in [-0.39, 0.29) is 10.8 Å². The molecule has 4 rings (SSSR count). The van der Waals surface area contributed by atoms with E-state index < -0.39 is 0 Å². The lowest BCUT2D eigenvalue weighted by Crippen LogP contribution is -2.23. The Morgan fingerprint density at radius 1 is 0.886 bits per heavy atom. The SMILES string of the molecule is CC(C)(C)c1cc(C(=Nc2ccccc2)N/N=C/c2nc3ccccc3s2)cc(C(C)(C)C)c1O. The Kier molecular flexibility index (Phi) is 6.77. The molecular weight excluding hydrogens is 452 g/mol. The number of aliphatic imine (C=N–C) groups is 1. The van der Waals surface area contributed by atoms with Crippen LogP contribution in [-0.2, 0) is 10.8 Å². The highest BCUT2D eigenvalue weighted by Crippen LogP contribution is 2.40. The Morgan fingerprint density at radius 3 is 2.09 bits per heavy atom. The lowest BCUT2D eigenvalue weighted by atomic mass is 9.78. The van der Waals surface area contributed by atoms with Crippen LogP contribution in [0.1, 0.15) is 63.2 Å². The second-order valence-corrected chi connectivity index (χ2v) is 11.7. The van der Waals surface area contributed by atoms with E-state index in [9.17, 15) is 5.11 Å². The molecule has 1 aromatic heterocycles. The summed E-state index contributed by atoms with van der Waals surface area (Å²) in [6, 6.07) is 21.8. The molecule has 0 fully saturated rings. The highest BCUT2D eigenvalue weighted by atomic mass is 32.1. The number of rotatable bonds is 4. The highest BCUT2D eigenvalue weighted by Gasteiger charge is 2.27. The molecule has 0 aliphatic rings. The first-order valence-electron chi connectivity index (χ1n) is 11.7. The van der Waals surface area contributed by atoms with Crippen molar-refractivity contribution in [3.05, 3.63) is 88.4 Å². The topological polar surface area (TPSA) is 69.9 Å². The fourth-order valence-corrected chi connectivity index (χ4v) is 4.63. The number of hydrogen-bond acceptors (Lipinski definition) is 5. The second kappa shape index (κ2) is 9.62. The minimum atomic E-state index is -0.248.